The first-order valence-corrected chi connectivity index (χ1v) is 7.03. The predicted octanol–water partition coefficient (Wildman–Crippen LogP) is 3.54. The van der Waals surface area contributed by atoms with Crippen LogP contribution in [0, 0.1) is 0 Å². The Morgan fingerprint density at radius 3 is 2.71 bits per heavy atom. The molecule has 108 valence electrons. The Balaban J connectivity index is 1.80. The van der Waals surface area contributed by atoms with Gasteiger partial charge in [0.15, 0.2) is 0 Å². The molecule has 3 aromatic rings. The summed E-state index contributed by atoms with van der Waals surface area (Å²) in [5.41, 5.74) is 2.14. The third-order valence-electron chi connectivity index (χ3n) is 3.65. The van der Waals surface area contributed by atoms with Crippen LogP contribution >= 0.6 is 0 Å². The number of nitrogens with zero attached hydrogens (tertiary/aromatic N) is 2. The molecule has 0 bridgehead atoms. The van der Waals surface area contributed by atoms with Gasteiger partial charge < -0.3 is 14.6 Å². The molecule has 0 aliphatic heterocycles. The van der Waals surface area contributed by atoms with Crippen LogP contribution in [0.15, 0.2) is 59.3 Å². The van der Waals surface area contributed by atoms with Crippen molar-refractivity contribution in [2.45, 2.75) is 6.04 Å². The number of nitrogens with one attached hydrogen (secondary N) is 1. The van der Waals surface area contributed by atoms with Crippen molar-refractivity contribution >= 4 is 16.8 Å². The van der Waals surface area contributed by atoms with Crippen LogP contribution in [0.25, 0.3) is 11.0 Å². The summed E-state index contributed by atoms with van der Waals surface area (Å²) in [6, 6.07) is 14.6. The predicted molar refractivity (Wildman–Crippen MR) is 85.4 cm³/mol. The van der Waals surface area contributed by atoms with Crippen LogP contribution in [0.1, 0.15) is 11.6 Å². The number of furan rings is 1. The molecule has 0 spiro atoms. The highest BCUT2D eigenvalue weighted by Gasteiger charge is 2.14. The van der Waals surface area contributed by atoms with Gasteiger partial charge in [-0.2, -0.15) is 0 Å². The number of pyridine rings is 1. The lowest BCUT2D eigenvalue weighted by Gasteiger charge is -2.25. The van der Waals surface area contributed by atoms with E-state index >= 15 is 0 Å². The van der Waals surface area contributed by atoms with E-state index in [0.717, 1.165) is 23.3 Å². The number of hydrogen-bond acceptors (Lipinski definition) is 4. The molecule has 0 amide bonds. The molecule has 4 heteroatoms. The highest BCUT2D eigenvalue weighted by atomic mass is 16.3. The lowest BCUT2D eigenvalue weighted by Crippen LogP contribution is -2.27. The second kappa shape index (κ2) is 5.97. The van der Waals surface area contributed by atoms with Crippen LogP contribution in [0.4, 0.5) is 5.82 Å². The molecule has 4 nitrogen and oxygen atoms in total. The van der Waals surface area contributed by atoms with E-state index in [2.05, 4.69) is 53.6 Å². The molecule has 3 rings (SSSR count). The van der Waals surface area contributed by atoms with Crippen LogP contribution in [0.5, 0.6) is 0 Å². The second-order valence-electron chi connectivity index (χ2n) is 5.26. The van der Waals surface area contributed by atoms with Gasteiger partial charge in [-0.1, -0.05) is 30.3 Å². The van der Waals surface area contributed by atoms with Gasteiger partial charge in [0, 0.05) is 12.7 Å². The Kier molecular flexibility index (Phi) is 3.88. The van der Waals surface area contributed by atoms with E-state index in [9.17, 15) is 0 Å². The molecular formula is C17H19N3O. The Morgan fingerprint density at radius 1 is 1.14 bits per heavy atom. The van der Waals surface area contributed by atoms with Crippen LogP contribution < -0.4 is 5.32 Å². The standard InChI is InChI=1S/C17H19N3O/c1-20(2)15(13-6-4-3-5-7-13)12-19-17-14-9-11-21-16(14)8-10-18-17/h3-11,15H,12H2,1-2H3,(H,18,19)/t15-/m1/s1. The minimum Gasteiger partial charge on any atom is -0.464 e. The normalized spacial score (nSPS) is 12.7. The highest BCUT2D eigenvalue weighted by molar-refractivity contribution is 5.87. The summed E-state index contributed by atoms with van der Waals surface area (Å²) >= 11 is 0. The van der Waals surface area contributed by atoms with Crippen LogP contribution in [0.3, 0.4) is 0 Å². The van der Waals surface area contributed by atoms with Gasteiger partial charge in [-0.05, 0) is 31.8 Å². The van der Waals surface area contributed by atoms with Crippen molar-refractivity contribution in [1.29, 1.82) is 0 Å². The van der Waals surface area contributed by atoms with Gasteiger partial charge in [0.05, 0.1) is 17.7 Å². The number of rotatable bonds is 5. The third kappa shape index (κ3) is 2.90. The van der Waals surface area contributed by atoms with Crippen LogP contribution in [-0.2, 0) is 0 Å². The number of hydrogen-bond donors (Lipinski definition) is 1. The van der Waals surface area contributed by atoms with Gasteiger partial charge >= 0.3 is 0 Å². The number of anilines is 1. The lowest BCUT2D eigenvalue weighted by molar-refractivity contribution is 0.311. The van der Waals surface area contributed by atoms with E-state index in [-0.39, 0.29) is 6.04 Å². The van der Waals surface area contributed by atoms with E-state index < -0.39 is 0 Å². The number of benzene rings is 1. The first-order chi connectivity index (χ1) is 10.3. The molecule has 1 N–H and O–H groups in total. The first kappa shape index (κ1) is 13.6. The Bertz CT molecular complexity index is 706. The summed E-state index contributed by atoms with van der Waals surface area (Å²) in [4.78, 5) is 6.62. The average molecular weight is 281 g/mol. The number of likely N-dealkylation sites (N-methyl/N-ethyl adjacent to an activating group) is 1. The average Bonchev–Trinajstić information content (AvgIpc) is 2.97. The number of aromatic nitrogens is 1. The van der Waals surface area contributed by atoms with Crippen molar-refractivity contribution in [2.24, 2.45) is 0 Å². The van der Waals surface area contributed by atoms with Gasteiger partial charge in [-0.3, -0.25) is 0 Å². The van der Waals surface area contributed by atoms with Gasteiger partial charge in [-0.25, -0.2) is 4.98 Å². The molecule has 0 aliphatic rings. The van der Waals surface area contributed by atoms with E-state index in [0.29, 0.717) is 0 Å². The zero-order valence-electron chi connectivity index (χ0n) is 12.3. The number of fused-ring (bicyclic) bond motifs is 1. The fourth-order valence-electron chi connectivity index (χ4n) is 2.50. The fourth-order valence-corrected chi connectivity index (χ4v) is 2.50. The third-order valence-corrected chi connectivity index (χ3v) is 3.65. The highest BCUT2D eigenvalue weighted by Crippen LogP contribution is 2.24. The van der Waals surface area contributed by atoms with Crippen molar-refractivity contribution in [1.82, 2.24) is 9.88 Å². The summed E-state index contributed by atoms with van der Waals surface area (Å²) in [6.45, 7) is 0.786. The van der Waals surface area contributed by atoms with E-state index in [4.69, 9.17) is 4.42 Å². The second-order valence-corrected chi connectivity index (χ2v) is 5.26. The van der Waals surface area contributed by atoms with Crippen molar-refractivity contribution in [3.63, 3.8) is 0 Å². The summed E-state index contributed by atoms with van der Waals surface area (Å²) in [5.74, 6) is 0.865. The summed E-state index contributed by atoms with van der Waals surface area (Å²) in [6.07, 6.45) is 3.46. The molecule has 0 fully saturated rings. The molecule has 0 saturated carbocycles. The molecular weight excluding hydrogens is 262 g/mol. The topological polar surface area (TPSA) is 41.3 Å². The van der Waals surface area contributed by atoms with Crippen LogP contribution in [-0.4, -0.2) is 30.5 Å². The fraction of sp³-hybridized carbons (Fsp3) is 0.235. The van der Waals surface area contributed by atoms with Crippen LogP contribution in [0.2, 0.25) is 0 Å². The molecule has 0 saturated heterocycles. The molecule has 2 heterocycles. The van der Waals surface area contributed by atoms with E-state index in [1.165, 1.54) is 5.56 Å². The quantitative estimate of drug-likeness (QED) is 0.776. The first-order valence-electron chi connectivity index (χ1n) is 7.03. The van der Waals surface area contributed by atoms with E-state index in [1.807, 2.05) is 18.2 Å². The summed E-state index contributed by atoms with van der Waals surface area (Å²) in [5, 5.41) is 4.46. The Labute approximate surface area is 124 Å². The van der Waals surface area contributed by atoms with Crippen molar-refractivity contribution in [3.8, 4) is 0 Å². The van der Waals surface area contributed by atoms with Crippen molar-refractivity contribution < 1.29 is 4.42 Å². The van der Waals surface area contributed by atoms with Crippen molar-refractivity contribution in [2.75, 3.05) is 26.0 Å². The molecule has 1 atom stereocenters. The summed E-state index contributed by atoms with van der Waals surface area (Å²) in [7, 11) is 4.18. The zero-order valence-corrected chi connectivity index (χ0v) is 12.3. The maximum Gasteiger partial charge on any atom is 0.139 e. The zero-order chi connectivity index (χ0) is 14.7. The lowest BCUT2D eigenvalue weighted by atomic mass is 10.1. The molecule has 2 aromatic heterocycles. The van der Waals surface area contributed by atoms with Crippen molar-refractivity contribution in [3.05, 3.63) is 60.5 Å². The Hall–Kier alpha value is -2.33. The maximum absolute atomic E-state index is 5.41. The molecule has 1 aromatic carbocycles. The molecule has 0 radical (unpaired) electrons. The van der Waals surface area contributed by atoms with Gasteiger partial charge in [0.25, 0.3) is 0 Å². The molecule has 0 unspecified atom stereocenters. The summed E-state index contributed by atoms with van der Waals surface area (Å²) < 4.78 is 5.41. The van der Waals surface area contributed by atoms with Gasteiger partial charge in [0.2, 0.25) is 0 Å². The maximum atomic E-state index is 5.41. The molecule has 0 aliphatic carbocycles. The smallest absolute Gasteiger partial charge is 0.139 e. The largest absolute Gasteiger partial charge is 0.464 e. The van der Waals surface area contributed by atoms with Gasteiger partial charge in [0.1, 0.15) is 11.4 Å². The monoisotopic (exact) mass is 281 g/mol. The minimum absolute atomic E-state index is 0.287. The molecule has 21 heavy (non-hydrogen) atoms. The minimum atomic E-state index is 0.287. The van der Waals surface area contributed by atoms with E-state index in [1.54, 1.807) is 12.5 Å². The SMILES string of the molecule is CN(C)[C@H](CNc1nccc2occc12)c1ccccc1. The Morgan fingerprint density at radius 2 is 1.95 bits per heavy atom. The van der Waals surface area contributed by atoms with Gasteiger partial charge in [-0.15, -0.1) is 0 Å².